The standard InChI is InChI=1S/C4H13NO3Si/c1-4(2)5-3-9(6,7)8/h4-8H,3H2,1-2H3. The van der Waals surface area contributed by atoms with Crippen molar-refractivity contribution in [3.63, 3.8) is 0 Å². The summed E-state index contributed by atoms with van der Waals surface area (Å²) in [6, 6.07) is 0.170. The second-order valence-corrected chi connectivity index (χ2v) is 4.21. The maximum Gasteiger partial charge on any atom is 0.507 e. The molecule has 0 saturated carbocycles. The highest BCUT2D eigenvalue weighted by Crippen LogP contribution is 1.83. The van der Waals surface area contributed by atoms with Crippen LogP contribution in [0.3, 0.4) is 0 Å². The predicted octanol–water partition coefficient (Wildman–Crippen LogP) is -1.56. The van der Waals surface area contributed by atoms with Crippen molar-refractivity contribution < 1.29 is 14.4 Å². The molecule has 0 spiro atoms. The zero-order chi connectivity index (χ0) is 7.49. The normalized spacial score (nSPS) is 12.7. The molecule has 9 heavy (non-hydrogen) atoms. The second kappa shape index (κ2) is 3.28. The van der Waals surface area contributed by atoms with Gasteiger partial charge < -0.3 is 19.7 Å². The van der Waals surface area contributed by atoms with Crippen LogP contribution in [0.5, 0.6) is 0 Å². The van der Waals surface area contributed by atoms with Crippen LogP contribution in [-0.2, 0) is 0 Å². The van der Waals surface area contributed by atoms with E-state index in [1.165, 1.54) is 0 Å². The Morgan fingerprint density at radius 2 is 1.78 bits per heavy atom. The van der Waals surface area contributed by atoms with E-state index < -0.39 is 8.80 Å². The fraction of sp³-hybridized carbons (Fsp3) is 1.00. The Morgan fingerprint density at radius 1 is 1.33 bits per heavy atom. The molecule has 4 N–H and O–H groups in total. The van der Waals surface area contributed by atoms with E-state index in [1.54, 1.807) is 0 Å². The van der Waals surface area contributed by atoms with Gasteiger partial charge in [-0.05, 0) is 0 Å². The Labute approximate surface area is 55.5 Å². The molecule has 0 saturated heterocycles. The molecule has 0 bridgehead atoms. The van der Waals surface area contributed by atoms with Gasteiger partial charge in [-0.15, -0.1) is 0 Å². The first-order valence-electron chi connectivity index (χ1n) is 2.82. The van der Waals surface area contributed by atoms with Gasteiger partial charge in [-0.2, -0.15) is 0 Å². The molecule has 0 aromatic heterocycles. The molecule has 0 aromatic carbocycles. The van der Waals surface area contributed by atoms with Crippen molar-refractivity contribution in [2.75, 3.05) is 6.17 Å². The molecule has 0 aliphatic rings. The van der Waals surface area contributed by atoms with Crippen molar-refractivity contribution in [2.24, 2.45) is 0 Å². The summed E-state index contributed by atoms with van der Waals surface area (Å²) in [5.74, 6) is 0. The Morgan fingerprint density at radius 3 is 1.89 bits per heavy atom. The lowest BCUT2D eigenvalue weighted by Crippen LogP contribution is -2.48. The van der Waals surface area contributed by atoms with E-state index in [0.717, 1.165) is 0 Å². The van der Waals surface area contributed by atoms with Crippen LogP contribution in [0, 0.1) is 0 Å². The Balaban J connectivity index is 3.28. The predicted molar refractivity (Wildman–Crippen MR) is 35.5 cm³/mol. The molecule has 0 aliphatic carbocycles. The summed E-state index contributed by atoms with van der Waals surface area (Å²) in [4.78, 5) is 25.4. The number of hydrogen-bond acceptors (Lipinski definition) is 4. The molecule has 0 radical (unpaired) electrons. The minimum absolute atomic E-state index is 0.0926. The molecule has 0 fully saturated rings. The summed E-state index contributed by atoms with van der Waals surface area (Å²) in [7, 11) is -3.83. The van der Waals surface area contributed by atoms with Crippen molar-refractivity contribution in [1.82, 2.24) is 5.32 Å². The Kier molecular flexibility index (Phi) is 3.30. The molecule has 0 unspecified atom stereocenters. The first kappa shape index (κ1) is 9.06. The van der Waals surface area contributed by atoms with E-state index >= 15 is 0 Å². The van der Waals surface area contributed by atoms with Gasteiger partial charge in [0.05, 0.1) is 6.17 Å². The lowest BCUT2D eigenvalue weighted by atomic mass is 10.4. The van der Waals surface area contributed by atoms with Gasteiger partial charge in [-0.1, -0.05) is 13.8 Å². The van der Waals surface area contributed by atoms with Crippen LogP contribution in [-0.4, -0.2) is 35.4 Å². The number of rotatable bonds is 3. The van der Waals surface area contributed by atoms with Crippen molar-refractivity contribution in [2.45, 2.75) is 19.9 Å². The molecule has 0 amide bonds. The lowest BCUT2D eigenvalue weighted by Gasteiger charge is -2.12. The molecule has 5 heteroatoms. The third-order valence-electron chi connectivity index (χ3n) is 0.747. The fourth-order valence-corrected chi connectivity index (χ4v) is 1.02. The summed E-state index contributed by atoms with van der Waals surface area (Å²) in [5.41, 5.74) is 0. The van der Waals surface area contributed by atoms with Crippen LogP contribution in [0.15, 0.2) is 0 Å². The summed E-state index contributed by atoms with van der Waals surface area (Å²) < 4.78 is 0. The van der Waals surface area contributed by atoms with Gasteiger partial charge in [-0.3, -0.25) is 0 Å². The van der Waals surface area contributed by atoms with E-state index in [9.17, 15) is 0 Å². The highest BCUT2D eigenvalue weighted by atomic mass is 28.4. The van der Waals surface area contributed by atoms with Gasteiger partial charge in [0, 0.05) is 6.04 Å². The van der Waals surface area contributed by atoms with Gasteiger partial charge in [-0.25, -0.2) is 0 Å². The van der Waals surface area contributed by atoms with Gasteiger partial charge in [0.2, 0.25) is 0 Å². The molecule has 0 heterocycles. The van der Waals surface area contributed by atoms with Gasteiger partial charge in [0.25, 0.3) is 0 Å². The topological polar surface area (TPSA) is 72.7 Å². The quantitative estimate of drug-likeness (QED) is 0.368. The third kappa shape index (κ3) is 8.06. The van der Waals surface area contributed by atoms with E-state index in [0.29, 0.717) is 0 Å². The summed E-state index contributed by atoms with van der Waals surface area (Å²) in [6.07, 6.45) is -0.0926. The summed E-state index contributed by atoms with van der Waals surface area (Å²) in [5, 5.41) is 2.70. The molecule has 0 rings (SSSR count). The average molecular weight is 151 g/mol. The third-order valence-corrected chi connectivity index (χ3v) is 1.43. The minimum Gasteiger partial charge on any atom is -0.389 e. The maximum atomic E-state index is 8.45. The highest BCUT2D eigenvalue weighted by Gasteiger charge is 2.25. The summed E-state index contributed by atoms with van der Waals surface area (Å²) >= 11 is 0. The van der Waals surface area contributed by atoms with Crippen LogP contribution in [0.4, 0.5) is 0 Å². The van der Waals surface area contributed by atoms with Crippen LogP contribution in [0.1, 0.15) is 13.8 Å². The molecule has 0 atom stereocenters. The molecule has 0 aromatic rings. The van der Waals surface area contributed by atoms with Gasteiger partial charge in [0.1, 0.15) is 0 Å². The van der Waals surface area contributed by atoms with Crippen molar-refractivity contribution in [3.05, 3.63) is 0 Å². The van der Waals surface area contributed by atoms with E-state index in [-0.39, 0.29) is 12.2 Å². The van der Waals surface area contributed by atoms with Crippen LogP contribution < -0.4 is 5.32 Å². The Hall–Kier alpha value is 0.0569. The van der Waals surface area contributed by atoms with Crippen molar-refractivity contribution >= 4 is 8.80 Å². The highest BCUT2D eigenvalue weighted by molar-refractivity contribution is 6.56. The molecule has 4 nitrogen and oxygen atoms in total. The molecule has 56 valence electrons. The van der Waals surface area contributed by atoms with Crippen LogP contribution in [0.2, 0.25) is 0 Å². The average Bonchev–Trinajstić information content (AvgIpc) is 1.59. The van der Waals surface area contributed by atoms with E-state index in [1.807, 2.05) is 13.8 Å². The monoisotopic (exact) mass is 151 g/mol. The first-order valence-corrected chi connectivity index (χ1v) is 4.87. The van der Waals surface area contributed by atoms with Crippen molar-refractivity contribution in [1.29, 1.82) is 0 Å². The lowest BCUT2D eigenvalue weighted by molar-refractivity contribution is 0.223. The number of nitrogens with one attached hydrogen (secondary N) is 1. The van der Waals surface area contributed by atoms with E-state index in [2.05, 4.69) is 5.32 Å². The van der Waals surface area contributed by atoms with Gasteiger partial charge >= 0.3 is 8.80 Å². The number of hydrogen-bond donors (Lipinski definition) is 4. The zero-order valence-electron chi connectivity index (χ0n) is 5.63. The smallest absolute Gasteiger partial charge is 0.389 e. The van der Waals surface area contributed by atoms with Crippen LogP contribution in [0.25, 0.3) is 0 Å². The maximum absolute atomic E-state index is 8.45. The SMILES string of the molecule is CC(C)NC[Si](O)(O)O. The minimum atomic E-state index is -3.83. The molecular weight excluding hydrogens is 138 g/mol. The zero-order valence-corrected chi connectivity index (χ0v) is 6.63. The molecule has 0 aliphatic heterocycles. The first-order chi connectivity index (χ1) is 3.92. The van der Waals surface area contributed by atoms with Crippen LogP contribution >= 0.6 is 0 Å². The van der Waals surface area contributed by atoms with E-state index in [4.69, 9.17) is 14.4 Å². The largest absolute Gasteiger partial charge is 0.507 e. The summed E-state index contributed by atoms with van der Waals surface area (Å²) in [6.45, 7) is 3.72. The van der Waals surface area contributed by atoms with Crippen molar-refractivity contribution in [3.8, 4) is 0 Å². The fourth-order valence-electron chi connectivity index (χ4n) is 0.341. The Bertz CT molecular complexity index is 80.4. The van der Waals surface area contributed by atoms with Gasteiger partial charge in [0.15, 0.2) is 0 Å². The molecular formula is C4H13NO3Si. The second-order valence-electron chi connectivity index (χ2n) is 2.31.